The van der Waals surface area contributed by atoms with Gasteiger partial charge in [0.1, 0.15) is 11.6 Å². The summed E-state index contributed by atoms with van der Waals surface area (Å²) in [4.78, 5) is 31.3. The number of nitrogens with zero attached hydrogens (tertiary/aromatic N) is 3. The number of hydrogen-bond acceptors (Lipinski definition) is 4. The number of pyridine rings is 1. The molecule has 2 aromatic heterocycles. The molecule has 1 atom stereocenters. The molecule has 1 saturated heterocycles. The molecule has 214 valence electrons. The predicted octanol–water partition coefficient (Wildman–Crippen LogP) is 5.78. The highest BCUT2D eigenvalue weighted by atomic mass is 19.4. The number of carbonyl (C=O) groups is 2. The maximum absolute atomic E-state index is 15.0. The van der Waals surface area contributed by atoms with Gasteiger partial charge in [0.25, 0.3) is 5.91 Å². The van der Waals surface area contributed by atoms with Crippen molar-refractivity contribution in [3.8, 4) is 17.1 Å². The number of aromatic nitrogens is 2. The average Bonchev–Trinajstić information content (AvgIpc) is 3.31. The van der Waals surface area contributed by atoms with E-state index in [9.17, 15) is 32.3 Å². The summed E-state index contributed by atoms with van der Waals surface area (Å²) in [5, 5.41) is 12.2. The van der Waals surface area contributed by atoms with Crippen molar-refractivity contribution in [1.29, 1.82) is 0 Å². The fourth-order valence-corrected chi connectivity index (χ4v) is 5.26. The van der Waals surface area contributed by atoms with Gasteiger partial charge >= 0.3 is 12.1 Å². The third kappa shape index (κ3) is 7.07. The first-order valence-corrected chi connectivity index (χ1v) is 13.1. The second-order valence-electron chi connectivity index (χ2n) is 10.9. The molecule has 3 heterocycles. The molecule has 1 aliphatic rings. The Hall–Kier alpha value is -3.73. The number of likely N-dealkylation sites (tertiary alicyclic amines) is 1. The number of nitrogens with one attached hydrogen (secondary N) is 1. The van der Waals surface area contributed by atoms with Crippen LogP contribution in [0.5, 0.6) is 0 Å². The number of benzene rings is 1. The lowest BCUT2D eigenvalue weighted by Gasteiger charge is -2.38. The molecule has 11 heteroatoms. The Balaban J connectivity index is 1.65. The predicted molar refractivity (Wildman–Crippen MR) is 142 cm³/mol. The molecule has 7 nitrogen and oxygen atoms in total. The van der Waals surface area contributed by atoms with Crippen LogP contribution in [-0.2, 0) is 11.0 Å². The lowest BCUT2D eigenvalue weighted by atomic mass is 9.84. The summed E-state index contributed by atoms with van der Waals surface area (Å²) in [5.74, 6) is -2.68. The minimum Gasteiger partial charge on any atom is -0.481 e. The van der Waals surface area contributed by atoms with E-state index < -0.39 is 41.0 Å². The minimum absolute atomic E-state index is 0.0495. The van der Waals surface area contributed by atoms with E-state index in [1.807, 2.05) is 0 Å². The number of halogens is 4. The topological polar surface area (TPSA) is 87.5 Å². The first-order chi connectivity index (χ1) is 18.8. The zero-order chi connectivity index (χ0) is 29.1. The number of piperidine rings is 1. The smallest absolute Gasteiger partial charge is 0.417 e. The van der Waals surface area contributed by atoms with Crippen molar-refractivity contribution in [2.45, 2.75) is 51.7 Å². The number of rotatable bonds is 9. The third-order valence-corrected chi connectivity index (χ3v) is 7.08. The van der Waals surface area contributed by atoms with Crippen LogP contribution in [0, 0.1) is 11.2 Å². The Morgan fingerprint density at radius 1 is 1.18 bits per heavy atom. The summed E-state index contributed by atoms with van der Waals surface area (Å²) in [6, 6.07) is 7.88. The molecule has 0 aliphatic carbocycles. The zero-order valence-electron chi connectivity index (χ0n) is 22.3. The molecule has 1 aromatic carbocycles. The van der Waals surface area contributed by atoms with Gasteiger partial charge in [0, 0.05) is 37.1 Å². The van der Waals surface area contributed by atoms with Gasteiger partial charge in [-0.2, -0.15) is 13.2 Å². The van der Waals surface area contributed by atoms with E-state index in [1.54, 1.807) is 12.1 Å². The Morgan fingerprint density at radius 2 is 1.95 bits per heavy atom. The van der Waals surface area contributed by atoms with Crippen molar-refractivity contribution in [2.24, 2.45) is 5.41 Å². The quantitative estimate of drug-likeness (QED) is 0.324. The van der Waals surface area contributed by atoms with Gasteiger partial charge < -0.3 is 19.9 Å². The molecule has 4 rings (SSSR count). The van der Waals surface area contributed by atoms with E-state index in [0.717, 1.165) is 44.1 Å². The fourth-order valence-electron chi connectivity index (χ4n) is 5.26. The van der Waals surface area contributed by atoms with Crippen LogP contribution in [0.1, 0.15) is 55.5 Å². The fraction of sp³-hybridized carbons (Fsp3) is 0.414. The van der Waals surface area contributed by atoms with E-state index in [2.05, 4.69) is 29.0 Å². The first-order valence-electron chi connectivity index (χ1n) is 13.1. The maximum Gasteiger partial charge on any atom is 0.417 e. The van der Waals surface area contributed by atoms with Crippen LogP contribution in [0.25, 0.3) is 17.1 Å². The zero-order valence-corrected chi connectivity index (χ0v) is 22.3. The van der Waals surface area contributed by atoms with Gasteiger partial charge in [-0.1, -0.05) is 26.0 Å². The first kappa shape index (κ1) is 29.3. The number of carboxylic acids is 1. The highest BCUT2D eigenvalue weighted by molar-refractivity contribution is 5.96. The standard InChI is InChI=1S/C29H32F4N4O3/c1-28(2)11-6-13-36(18-28)14-10-20(16-25(38)39)35-27(40)19-15-23(37(17-19)24-9-3-4-12-34-24)26-21(29(31,32)33)7-5-8-22(26)30/h3-5,7-9,12,15,17,20H,6,10-11,13-14,16,18H2,1-2H3,(H,35,40)(H,38,39)/t20-/m0/s1. The highest BCUT2D eigenvalue weighted by Crippen LogP contribution is 2.40. The molecule has 0 bridgehead atoms. The number of amides is 1. The third-order valence-electron chi connectivity index (χ3n) is 7.08. The summed E-state index contributed by atoms with van der Waals surface area (Å²) in [7, 11) is 0. The number of alkyl halides is 3. The summed E-state index contributed by atoms with van der Waals surface area (Å²) in [6.07, 6.45) is 0.0554. The number of hydrogen-bond donors (Lipinski definition) is 2. The number of aliphatic carboxylic acids is 1. The van der Waals surface area contributed by atoms with Gasteiger partial charge in [0.05, 0.1) is 23.2 Å². The molecule has 2 N–H and O–H groups in total. The minimum atomic E-state index is -4.85. The van der Waals surface area contributed by atoms with Gasteiger partial charge in [-0.15, -0.1) is 0 Å². The second-order valence-corrected chi connectivity index (χ2v) is 10.9. The molecule has 3 aromatic rings. The molecular formula is C29H32F4N4O3. The largest absolute Gasteiger partial charge is 0.481 e. The van der Waals surface area contributed by atoms with Gasteiger partial charge in [-0.25, -0.2) is 9.37 Å². The lowest BCUT2D eigenvalue weighted by Crippen LogP contribution is -2.43. The average molecular weight is 561 g/mol. The van der Waals surface area contributed by atoms with Crippen molar-refractivity contribution >= 4 is 11.9 Å². The monoisotopic (exact) mass is 560 g/mol. The number of carboxylic acid groups (broad SMARTS) is 1. The van der Waals surface area contributed by atoms with Crippen molar-refractivity contribution in [2.75, 3.05) is 19.6 Å². The van der Waals surface area contributed by atoms with Crippen LogP contribution in [0.3, 0.4) is 0 Å². The van der Waals surface area contributed by atoms with Crippen molar-refractivity contribution in [3.05, 3.63) is 71.8 Å². The van der Waals surface area contributed by atoms with E-state index in [-0.39, 0.29) is 28.9 Å². The molecular weight excluding hydrogens is 528 g/mol. The van der Waals surface area contributed by atoms with Gasteiger partial charge in [-0.3, -0.25) is 9.59 Å². The number of carbonyl (C=O) groups excluding carboxylic acids is 1. The van der Waals surface area contributed by atoms with Crippen LogP contribution in [-0.4, -0.2) is 57.1 Å². The Bertz CT molecular complexity index is 1360. The summed E-state index contributed by atoms with van der Waals surface area (Å²) in [5.41, 5.74) is -2.01. The summed E-state index contributed by atoms with van der Waals surface area (Å²) < 4.78 is 57.8. The molecule has 0 saturated carbocycles. The maximum atomic E-state index is 15.0. The lowest BCUT2D eigenvalue weighted by molar-refractivity contribution is -0.138. The molecule has 0 unspecified atom stereocenters. The second kappa shape index (κ2) is 11.8. The van der Waals surface area contributed by atoms with Crippen LogP contribution >= 0.6 is 0 Å². The van der Waals surface area contributed by atoms with E-state index in [1.165, 1.54) is 29.1 Å². The molecule has 1 fully saturated rings. The highest BCUT2D eigenvalue weighted by Gasteiger charge is 2.36. The Morgan fingerprint density at radius 3 is 2.60 bits per heavy atom. The van der Waals surface area contributed by atoms with Crippen LogP contribution in [0.4, 0.5) is 17.6 Å². The van der Waals surface area contributed by atoms with Crippen LogP contribution in [0.15, 0.2) is 54.9 Å². The molecule has 0 spiro atoms. The van der Waals surface area contributed by atoms with Crippen LogP contribution < -0.4 is 5.32 Å². The van der Waals surface area contributed by atoms with Crippen molar-refractivity contribution < 1.29 is 32.3 Å². The van der Waals surface area contributed by atoms with Gasteiger partial charge in [-0.05, 0) is 61.6 Å². The van der Waals surface area contributed by atoms with E-state index in [0.29, 0.717) is 13.0 Å². The molecule has 40 heavy (non-hydrogen) atoms. The van der Waals surface area contributed by atoms with Crippen molar-refractivity contribution in [1.82, 2.24) is 19.8 Å². The molecule has 1 amide bonds. The molecule has 0 radical (unpaired) electrons. The van der Waals surface area contributed by atoms with Crippen molar-refractivity contribution in [3.63, 3.8) is 0 Å². The summed E-state index contributed by atoms with van der Waals surface area (Å²) >= 11 is 0. The normalized spacial score (nSPS) is 16.4. The van der Waals surface area contributed by atoms with E-state index >= 15 is 0 Å². The summed E-state index contributed by atoms with van der Waals surface area (Å²) in [6.45, 7) is 6.70. The van der Waals surface area contributed by atoms with Gasteiger partial charge in [0.2, 0.25) is 0 Å². The van der Waals surface area contributed by atoms with E-state index in [4.69, 9.17) is 0 Å². The Kier molecular flexibility index (Phi) is 8.62. The Labute approximate surface area is 229 Å². The SMILES string of the molecule is CC1(C)CCCN(CC[C@@H](CC(=O)O)NC(=O)c2cc(-c3c(F)cccc3C(F)(F)F)n(-c3ccccn3)c2)C1. The molecule has 1 aliphatic heterocycles. The van der Waals surface area contributed by atoms with Crippen LogP contribution in [0.2, 0.25) is 0 Å². The van der Waals surface area contributed by atoms with Gasteiger partial charge in [0.15, 0.2) is 0 Å².